The minimum absolute atomic E-state index is 0.0933. The Morgan fingerprint density at radius 2 is 1.41 bits per heavy atom. The van der Waals surface area contributed by atoms with E-state index in [4.69, 9.17) is 34.8 Å². The Morgan fingerprint density at radius 1 is 0.852 bits per heavy atom. The average Bonchev–Trinajstić information content (AvgIpc) is 3.37. The molecule has 12 heteroatoms. The van der Waals surface area contributed by atoms with Gasteiger partial charge in [-0.2, -0.15) is 0 Å². The van der Waals surface area contributed by atoms with Crippen LogP contribution in [0.15, 0.2) is 46.2 Å². The van der Waals surface area contributed by atoms with Gasteiger partial charge in [-0.05, 0) is 43.2 Å². The Kier molecular flexibility index (Phi) is 5.93. The van der Waals surface area contributed by atoms with Gasteiger partial charge in [-0.15, -0.1) is 4.83 Å². The summed E-state index contributed by atoms with van der Waals surface area (Å²) < 4.78 is 52.1. The molecule has 1 fully saturated rings. The van der Waals surface area contributed by atoms with Crippen LogP contribution < -0.4 is 15.0 Å². The van der Waals surface area contributed by atoms with Crippen molar-refractivity contribution in [2.45, 2.75) is 28.7 Å². The van der Waals surface area contributed by atoms with Crippen molar-refractivity contribution in [3.05, 3.63) is 51.5 Å². The quantitative estimate of drug-likeness (QED) is 0.538. The first-order valence-corrected chi connectivity index (χ1v) is 11.7. The molecular formula is C15H14Cl3N3O4S2. The first-order valence-electron chi connectivity index (χ1n) is 7.63. The Hall–Kier alpha value is -1.07. The molecule has 0 aromatic heterocycles. The van der Waals surface area contributed by atoms with Crippen LogP contribution in [-0.2, 0) is 20.0 Å². The van der Waals surface area contributed by atoms with Crippen molar-refractivity contribution < 1.29 is 16.8 Å². The summed E-state index contributed by atoms with van der Waals surface area (Å²) >= 11 is 17.8. The monoisotopic (exact) mass is 469 g/mol. The zero-order valence-electron chi connectivity index (χ0n) is 13.5. The van der Waals surface area contributed by atoms with Crippen LogP contribution in [-0.4, -0.2) is 22.9 Å². The maximum atomic E-state index is 12.5. The van der Waals surface area contributed by atoms with E-state index in [1.807, 2.05) is 0 Å². The molecule has 0 aliphatic heterocycles. The molecule has 1 aliphatic rings. The second kappa shape index (κ2) is 7.75. The second-order valence-electron chi connectivity index (χ2n) is 5.85. The molecule has 2 aromatic carbocycles. The Balaban J connectivity index is 1.82. The van der Waals surface area contributed by atoms with Crippen LogP contribution >= 0.6 is 34.8 Å². The summed E-state index contributed by atoms with van der Waals surface area (Å²) in [5.41, 5.74) is 2.54. The maximum Gasteiger partial charge on any atom is 0.257 e. The van der Waals surface area contributed by atoms with Crippen LogP contribution in [0, 0.1) is 0 Å². The van der Waals surface area contributed by atoms with Crippen molar-refractivity contribution in [3.8, 4) is 0 Å². The molecule has 0 bridgehead atoms. The lowest BCUT2D eigenvalue weighted by Crippen LogP contribution is -2.30. The number of hydrazine groups is 1. The van der Waals surface area contributed by atoms with Gasteiger partial charge in [-0.25, -0.2) is 21.6 Å². The van der Waals surface area contributed by atoms with Crippen molar-refractivity contribution in [2.24, 2.45) is 0 Å². The number of halogens is 3. The molecule has 0 heterocycles. The van der Waals surface area contributed by atoms with E-state index in [2.05, 4.69) is 15.0 Å². The lowest BCUT2D eigenvalue weighted by atomic mass is 10.3. The van der Waals surface area contributed by atoms with E-state index >= 15 is 0 Å². The van der Waals surface area contributed by atoms with Gasteiger partial charge in [0.15, 0.2) is 0 Å². The molecule has 3 rings (SSSR count). The smallest absolute Gasteiger partial charge is 0.257 e. The zero-order chi connectivity index (χ0) is 19.8. The summed E-state index contributed by atoms with van der Waals surface area (Å²) in [4.78, 5) is 1.74. The van der Waals surface area contributed by atoms with Crippen molar-refractivity contribution in [1.29, 1.82) is 0 Å². The van der Waals surface area contributed by atoms with Gasteiger partial charge < -0.3 is 5.43 Å². The number of hydrogen-bond acceptors (Lipinski definition) is 5. The van der Waals surface area contributed by atoms with Gasteiger partial charge in [0, 0.05) is 11.1 Å². The lowest BCUT2D eigenvalue weighted by molar-refractivity contribution is 0.580. The highest BCUT2D eigenvalue weighted by Gasteiger charge is 2.28. The fourth-order valence-electron chi connectivity index (χ4n) is 2.14. The van der Waals surface area contributed by atoms with E-state index in [9.17, 15) is 16.8 Å². The molecule has 0 saturated heterocycles. The van der Waals surface area contributed by atoms with E-state index in [-0.39, 0.29) is 31.6 Å². The molecule has 0 spiro atoms. The van der Waals surface area contributed by atoms with Gasteiger partial charge in [-0.3, -0.25) is 0 Å². The normalized spacial score (nSPS) is 14.9. The largest absolute Gasteiger partial charge is 0.305 e. The molecule has 146 valence electrons. The van der Waals surface area contributed by atoms with E-state index in [1.54, 1.807) is 0 Å². The standard InChI is InChI=1S/C15H14Cl3N3O4S2/c16-9-6-13(17)15(14(18)7-9)19-21-27(24,25)12-3-1-2-11(8-12)26(22,23)20-10-4-5-10/h1-3,6-8,10,19-21H,4-5H2. The summed E-state index contributed by atoms with van der Waals surface area (Å²) in [7, 11) is -7.89. The minimum Gasteiger partial charge on any atom is -0.305 e. The lowest BCUT2D eigenvalue weighted by Gasteiger charge is -2.13. The third kappa shape index (κ3) is 5.05. The SMILES string of the molecule is O=S(=O)(NNc1c(Cl)cc(Cl)cc1Cl)c1cccc(S(=O)(=O)NC2CC2)c1. The molecule has 7 nitrogen and oxygen atoms in total. The highest BCUT2D eigenvalue weighted by molar-refractivity contribution is 7.90. The van der Waals surface area contributed by atoms with E-state index in [0.29, 0.717) is 5.02 Å². The van der Waals surface area contributed by atoms with Gasteiger partial charge in [0.05, 0.1) is 25.5 Å². The summed E-state index contributed by atoms with van der Waals surface area (Å²) in [5, 5.41) is 0.514. The number of hydrogen-bond donors (Lipinski definition) is 3. The van der Waals surface area contributed by atoms with Crippen molar-refractivity contribution in [3.63, 3.8) is 0 Å². The number of anilines is 1. The predicted molar refractivity (Wildman–Crippen MR) is 105 cm³/mol. The highest BCUT2D eigenvalue weighted by atomic mass is 35.5. The number of sulfonamides is 2. The second-order valence-corrected chi connectivity index (χ2v) is 10.5. The summed E-state index contributed by atoms with van der Waals surface area (Å²) in [5.74, 6) is 0. The highest BCUT2D eigenvalue weighted by Crippen LogP contribution is 2.33. The average molecular weight is 471 g/mol. The Labute approximate surface area is 172 Å². The molecule has 0 radical (unpaired) electrons. The topological polar surface area (TPSA) is 104 Å². The number of nitrogens with one attached hydrogen (secondary N) is 3. The molecule has 2 aromatic rings. The summed E-state index contributed by atoms with van der Waals surface area (Å²) in [6.45, 7) is 0. The Bertz CT molecular complexity index is 1060. The van der Waals surface area contributed by atoms with Gasteiger partial charge in [0.2, 0.25) is 10.0 Å². The van der Waals surface area contributed by atoms with Crippen LogP contribution in [0.2, 0.25) is 15.1 Å². The van der Waals surface area contributed by atoms with Crippen molar-refractivity contribution in [1.82, 2.24) is 9.55 Å². The molecule has 0 atom stereocenters. The molecule has 1 saturated carbocycles. The van der Waals surface area contributed by atoms with E-state index in [0.717, 1.165) is 18.9 Å². The maximum absolute atomic E-state index is 12.5. The summed E-state index contributed by atoms with van der Waals surface area (Å²) in [6.07, 6.45) is 1.54. The van der Waals surface area contributed by atoms with Crippen LogP contribution in [0.5, 0.6) is 0 Å². The van der Waals surface area contributed by atoms with E-state index < -0.39 is 20.0 Å². The van der Waals surface area contributed by atoms with Crippen molar-refractivity contribution >= 4 is 60.5 Å². The fraction of sp³-hybridized carbons (Fsp3) is 0.200. The molecule has 1 aliphatic carbocycles. The molecule has 27 heavy (non-hydrogen) atoms. The third-order valence-corrected chi connectivity index (χ3v) is 7.22. The first-order chi connectivity index (χ1) is 12.6. The minimum atomic E-state index is -4.10. The molecular weight excluding hydrogens is 457 g/mol. The molecule has 3 N–H and O–H groups in total. The van der Waals surface area contributed by atoms with Gasteiger partial charge in [0.25, 0.3) is 10.0 Å². The molecule has 0 unspecified atom stereocenters. The van der Waals surface area contributed by atoms with Crippen LogP contribution in [0.25, 0.3) is 0 Å². The van der Waals surface area contributed by atoms with E-state index in [1.165, 1.54) is 30.3 Å². The first kappa shape index (κ1) is 20.7. The number of benzene rings is 2. The van der Waals surface area contributed by atoms with Gasteiger partial charge in [0.1, 0.15) is 0 Å². The zero-order valence-corrected chi connectivity index (χ0v) is 17.4. The van der Waals surface area contributed by atoms with Crippen molar-refractivity contribution in [2.75, 3.05) is 5.43 Å². The van der Waals surface area contributed by atoms with Crippen LogP contribution in [0.1, 0.15) is 12.8 Å². The summed E-state index contributed by atoms with van der Waals surface area (Å²) in [6, 6.07) is 7.70. The van der Waals surface area contributed by atoms with Gasteiger partial charge in [-0.1, -0.05) is 40.9 Å². The fourth-order valence-corrected chi connectivity index (χ4v) is 5.37. The van der Waals surface area contributed by atoms with Crippen LogP contribution in [0.3, 0.4) is 0 Å². The van der Waals surface area contributed by atoms with Crippen LogP contribution in [0.4, 0.5) is 5.69 Å². The Morgan fingerprint density at radius 3 is 1.96 bits per heavy atom. The number of rotatable bonds is 7. The third-order valence-electron chi connectivity index (χ3n) is 3.64. The molecule has 0 amide bonds. The van der Waals surface area contributed by atoms with Gasteiger partial charge >= 0.3 is 0 Å². The predicted octanol–water partition coefficient (Wildman–Crippen LogP) is 3.39.